The van der Waals surface area contributed by atoms with E-state index in [-0.39, 0.29) is 5.91 Å². The van der Waals surface area contributed by atoms with Gasteiger partial charge in [0.05, 0.1) is 5.54 Å². The number of aromatic nitrogens is 2. The van der Waals surface area contributed by atoms with Gasteiger partial charge in [0.1, 0.15) is 0 Å². The van der Waals surface area contributed by atoms with Gasteiger partial charge in [0, 0.05) is 24.2 Å². The quantitative estimate of drug-likeness (QED) is 0.567. The lowest BCUT2D eigenvalue weighted by atomic mass is 9.98. The van der Waals surface area contributed by atoms with Crippen molar-refractivity contribution in [1.29, 1.82) is 0 Å². The van der Waals surface area contributed by atoms with Gasteiger partial charge in [-0.25, -0.2) is 9.97 Å². The zero-order valence-electron chi connectivity index (χ0n) is 10.4. The van der Waals surface area contributed by atoms with E-state index in [1.165, 1.54) is 0 Å². The Morgan fingerprint density at radius 1 is 1.56 bits per heavy atom. The third kappa shape index (κ3) is 3.68. The summed E-state index contributed by atoms with van der Waals surface area (Å²) in [5.74, 6) is 0.479. The number of primary amides is 1. The summed E-state index contributed by atoms with van der Waals surface area (Å²) in [4.78, 5) is 19.8. The summed E-state index contributed by atoms with van der Waals surface area (Å²) in [5, 5.41) is 4.06. The first-order valence-electron chi connectivity index (χ1n) is 6.07. The molecule has 0 spiro atoms. The van der Waals surface area contributed by atoms with Gasteiger partial charge in [-0.05, 0) is 32.3 Å². The first-order chi connectivity index (χ1) is 8.60. The molecule has 18 heavy (non-hydrogen) atoms. The van der Waals surface area contributed by atoms with E-state index in [4.69, 9.17) is 5.73 Å². The molecule has 1 atom stereocenters. The lowest BCUT2D eigenvalue weighted by Gasteiger charge is -2.27. The first-order valence-corrected chi connectivity index (χ1v) is 7.06. The van der Waals surface area contributed by atoms with Crippen LogP contribution in [0.5, 0.6) is 0 Å². The Morgan fingerprint density at radius 2 is 2.22 bits per heavy atom. The van der Waals surface area contributed by atoms with Crippen LogP contribution in [-0.4, -0.2) is 33.2 Å². The van der Waals surface area contributed by atoms with Crippen LogP contribution in [0.1, 0.15) is 26.2 Å². The predicted molar refractivity (Wildman–Crippen MR) is 71.1 cm³/mol. The summed E-state index contributed by atoms with van der Waals surface area (Å²) in [6, 6.07) is 2.24. The Kier molecular flexibility index (Phi) is 4.19. The molecule has 1 aliphatic rings. The largest absolute Gasteiger partial charge is 0.368 e. The molecular weight excluding hydrogens is 248 g/mol. The average molecular weight is 266 g/mol. The SMILES string of the molecule is CC(CCSc1ncccn1)(NC1CC1)C(N)=O. The molecular formula is C12H18N4OS. The molecule has 1 fully saturated rings. The van der Waals surface area contributed by atoms with Crippen molar-refractivity contribution in [2.45, 2.75) is 42.9 Å². The third-order valence-corrected chi connectivity index (χ3v) is 3.90. The molecule has 0 aliphatic heterocycles. The zero-order chi connectivity index (χ0) is 13.0. The van der Waals surface area contributed by atoms with E-state index in [0.29, 0.717) is 12.5 Å². The fraction of sp³-hybridized carbons (Fsp3) is 0.583. The van der Waals surface area contributed by atoms with Crippen LogP contribution in [0.3, 0.4) is 0 Å². The number of nitrogens with zero attached hydrogens (tertiary/aromatic N) is 2. The number of nitrogens with one attached hydrogen (secondary N) is 1. The number of amides is 1. The highest BCUT2D eigenvalue weighted by atomic mass is 32.2. The van der Waals surface area contributed by atoms with E-state index in [1.54, 1.807) is 30.2 Å². The maximum Gasteiger partial charge on any atom is 0.237 e. The maximum absolute atomic E-state index is 11.5. The second-order valence-corrected chi connectivity index (χ2v) is 5.81. The molecule has 98 valence electrons. The minimum atomic E-state index is -0.622. The van der Waals surface area contributed by atoms with Crippen molar-refractivity contribution in [2.24, 2.45) is 5.73 Å². The van der Waals surface area contributed by atoms with Crippen LogP contribution in [0.4, 0.5) is 0 Å². The van der Waals surface area contributed by atoms with E-state index >= 15 is 0 Å². The van der Waals surface area contributed by atoms with Gasteiger partial charge in [-0.2, -0.15) is 0 Å². The molecule has 1 aliphatic carbocycles. The van der Waals surface area contributed by atoms with Gasteiger partial charge in [-0.3, -0.25) is 4.79 Å². The summed E-state index contributed by atoms with van der Waals surface area (Å²) in [7, 11) is 0. The first kappa shape index (κ1) is 13.3. The number of hydrogen-bond donors (Lipinski definition) is 2. The number of carbonyl (C=O) groups excluding carboxylic acids is 1. The van der Waals surface area contributed by atoms with Gasteiger partial charge in [0.2, 0.25) is 5.91 Å². The summed E-state index contributed by atoms with van der Waals surface area (Å²) < 4.78 is 0. The van der Waals surface area contributed by atoms with Crippen LogP contribution in [0.15, 0.2) is 23.6 Å². The third-order valence-electron chi connectivity index (χ3n) is 3.02. The average Bonchev–Trinajstić information content (AvgIpc) is 3.14. The number of rotatable bonds is 7. The van der Waals surface area contributed by atoms with Gasteiger partial charge in [0.25, 0.3) is 0 Å². The molecule has 1 heterocycles. The van der Waals surface area contributed by atoms with E-state index < -0.39 is 5.54 Å². The van der Waals surface area contributed by atoms with Gasteiger partial charge in [-0.15, -0.1) is 0 Å². The van der Waals surface area contributed by atoms with Crippen LogP contribution >= 0.6 is 11.8 Å². The van der Waals surface area contributed by atoms with Crippen LogP contribution < -0.4 is 11.1 Å². The standard InChI is InChI=1S/C12H18N4OS/c1-12(10(13)17,16-9-3-4-9)5-8-18-11-14-6-2-7-15-11/h2,6-7,9,16H,3-5,8H2,1H3,(H2,13,17). The molecule has 1 unspecified atom stereocenters. The van der Waals surface area contributed by atoms with Crippen molar-refractivity contribution < 1.29 is 4.79 Å². The molecule has 1 aromatic heterocycles. The molecule has 0 bridgehead atoms. The van der Waals surface area contributed by atoms with E-state index in [2.05, 4.69) is 15.3 Å². The van der Waals surface area contributed by atoms with E-state index in [0.717, 1.165) is 23.8 Å². The van der Waals surface area contributed by atoms with Gasteiger partial charge in [0.15, 0.2) is 5.16 Å². The lowest BCUT2D eigenvalue weighted by molar-refractivity contribution is -0.124. The Hall–Kier alpha value is -1.14. The second-order valence-electron chi connectivity index (χ2n) is 4.74. The summed E-state index contributed by atoms with van der Waals surface area (Å²) in [6.07, 6.45) is 6.38. The Bertz CT molecular complexity index is 410. The van der Waals surface area contributed by atoms with Crippen molar-refractivity contribution in [3.63, 3.8) is 0 Å². The molecule has 3 N–H and O–H groups in total. The number of nitrogens with two attached hydrogens (primary N) is 1. The highest BCUT2D eigenvalue weighted by Crippen LogP contribution is 2.25. The van der Waals surface area contributed by atoms with E-state index in [1.807, 2.05) is 6.92 Å². The molecule has 6 heteroatoms. The smallest absolute Gasteiger partial charge is 0.237 e. The number of hydrogen-bond acceptors (Lipinski definition) is 5. The van der Waals surface area contributed by atoms with Crippen molar-refractivity contribution in [3.8, 4) is 0 Å². The number of thioether (sulfide) groups is 1. The molecule has 1 amide bonds. The van der Waals surface area contributed by atoms with Crippen LogP contribution in [0.25, 0.3) is 0 Å². The summed E-state index contributed by atoms with van der Waals surface area (Å²) in [5.41, 5.74) is 4.86. The zero-order valence-corrected chi connectivity index (χ0v) is 11.2. The lowest BCUT2D eigenvalue weighted by Crippen LogP contribution is -2.54. The molecule has 0 saturated heterocycles. The fourth-order valence-corrected chi connectivity index (χ4v) is 2.61. The van der Waals surface area contributed by atoms with Gasteiger partial charge >= 0.3 is 0 Å². The van der Waals surface area contributed by atoms with Crippen molar-refractivity contribution in [1.82, 2.24) is 15.3 Å². The molecule has 0 radical (unpaired) electrons. The molecule has 1 aromatic rings. The summed E-state index contributed by atoms with van der Waals surface area (Å²) >= 11 is 1.54. The normalized spacial score (nSPS) is 18.3. The monoisotopic (exact) mass is 266 g/mol. The highest BCUT2D eigenvalue weighted by molar-refractivity contribution is 7.99. The van der Waals surface area contributed by atoms with E-state index in [9.17, 15) is 4.79 Å². The van der Waals surface area contributed by atoms with Crippen molar-refractivity contribution in [2.75, 3.05) is 5.75 Å². The molecule has 5 nitrogen and oxygen atoms in total. The summed E-state index contributed by atoms with van der Waals surface area (Å²) in [6.45, 7) is 1.88. The second kappa shape index (κ2) is 5.67. The topological polar surface area (TPSA) is 80.9 Å². The minimum Gasteiger partial charge on any atom is -0.368 e. The maximum atomic E-state index is 11.5. The van der Waals surface area contributed by atoms with Crippen molar-refractivity contribution in [3.05, 3.63) is 18.5 Å². The Labute approximate surface area is 111 Å². The van der Waals surface area contributed by atoms with Crippen LogP contribution in [-0.2, 0) is 4.79 Å². The highest BCUT2D eigenvalue weighted by Gasteiger charge is 2.36. The fourth-order valence-electron chi connectivity index (χ4n) is 1.65. The Morgan fingerprint density at radius 3 is 2.78 bits per heavy atom. The van der Waals surface area contributed by atoms with Crippen LogP contribution in [0.2, 0.25) is 0 Å². The predicted octanol–water partition coefficient (Wildman–Crippen LogP) is 0.955. The molecule has 1 saturated carbocycles. The van der Waals surface area contributed by atoms with Crippen molar-refractivity contribution >= 4 is 17.7 Å². The molecule has 2 rings (SSSR count). The minimum absolute atomic E-state index is 0.288. The van der Waals surface area contributed by atoms with Gasteiger partial charge < -0.3 is 11.1 Å². The Balaban J connectivity index is 1.84. The molecule has 0 aromatic carbocycles. The van der Waals surface area contributed by atoms with Gasteiger partial charge in [-0.1, -0.05) is 11.8 Å². The van der Waals surface area contributed by atoms with Crippen LogP contribution in [0, 0.1) is 0 Å². The number of carbonyl (C=O) groups is 1.